The molecular formula is C14H11FINO. The molecule has 4 heteroatoms. The minimum Gasteiger partial charge on any atom is -0.321 e. The van der Waals surface area contributed by atoms with E-state index in [2.05, 4.69) is 5.32 Å². The fraction of sp³-hybridized carbons (Fsp3) is 0.0714. The van der Waals surface area contributed by atoms with Crippen molar-refractivity contribution >= 4 is 34.2 Å². The van der Waals surface area contributed by atoms with Crippen molar-refractivity contribution in [3.05, 3.63) is 63.0 Å². The SMILES string of the molecule is Cc1cccc(C(=O)Nc2ccc(F)cc2I)c1. The van der Waals surface area contributed by atoms with E-state index in [1.165, 1.54) is 12.1 Å². The summed E-state index contributed by atoms with van der Waals surface area (Å²) < 4.78 is 13.6. The monoisotopic (exact) mass is 355 g/mol. The summed E-state index contributed by atoms with van der Waals surface area (Å²) in [5.41, 5.74) is 2.23. The van der Waals surface area contributed by atoms with Gasteiger partial charge in [0.15, 0.2) is 0 Å². The van der Waals surface area contributed by atoms with Crippen LogP contribution in [0.15, 0.2) is 42.5 Å². The third-order valence-corrected chi connectivity index (χ3v) is 3.35. The maximum absolute atomic E-state index is 12.9. The van der Waals surface area contributed by atoms with Crippen molar-refractivity contribution in [2.24, 2.45) is 0 Å². The molecule has 0 aliphatic rings. The summed E-state index contributed by atoms with van der Waals surface area (Å²) in [5.74, 6) is -0.504. The lowest BCUT2D eigenvalue weighted by Crippen LogP contribution is -2.12. The highest BCUT2D eigenvalue weighted by Gasteiger charge is 2.08. The lowest BCUT2D eigenvalue weighted by molar-refractivity contribution is 0.102. The summed E-state index contributed by atoms with van der Waals surface area (Å²) in [6.45, 7) is 1.93. The Morgan fingerprint density at radius 1 is 1.22 bits per heavy atom. The number of rotatable bonds is 2. The number of nitrogens with one attached hydrogen (secondary N) is 1. The van der Waals surface area contributed by atoms with Crippen molar-refractivity contribution in [2.45, 2.75) is 6.92 Å². The minimum absolute atomic E-state index is 0.191. The second-order valence-corrected chi connectivity index (χ2v) is 5.11. The second-order valence-electron chi connectivity index (χ2n) is 3.95. The highest BCUT2D eigenvalue weighted by atomic mass is 127. The van der Waals surface area contributed by atoms with Crippen LogP contribution in [-0.4, -0.2) is 5.91 Å². The summed E-state index contributed by atoms with van der Waals surface area (Å²) >= 11 is 1.99. The van der Waals surface area contributed by atoms with Crippen LogP contribution in [0.2, 0.25) is 0 Å². The van der Waals surface area contributed by atoms with E-state index in [0.717, 1.165) is 5.56 Å². The van der Waals surface area contributed by atoms with Crippen LogP contribution in [0.4, 0.5) is 10.1 Å². The topological polar surface area (TPSA) is 29.1 Å². The molecule has 2 aromatic carbocycles. The van der Waals surface area contributed by atoms with E-state index in [9.17, 15) is 9.18 Å². The Balaban J connectivity index is 2.21. The zero-order chi connectivity index (χ0) is 13.1. The van der Waals surface area contributed by atoms with Crippen molar-refractivity contribution in [1.82, 2.24) is 0 Å². The molecule has 2 rings (SSSR count). The fourth-order valence-corrected chi connectivity index (χ4v) is 2.18. The molecule has 1 amide bonds. The van der Waals surface area contributed by atoms with E-state index in [1.807, 2.05) is 47.7 Å². The van der Waals surface area contributed by atoms with Crippen molar-refractivity contribution in [1.29, 1.82) is 0 Å². The van der Waals surface area contributed by atoms with Crippen LogP contribution >= 0.6 is 22.6 Å². The molecule has 0 saturated heterocycles. The van der Waals surface area contributed by atoms with E-state index >= 15 is 0 Å². The Labute approximate surface area is 118 Å². The number of halogens is 2. The summed E-state index contributed by atoms with van der Waals surface area (Å²) in [6, 6.07) is 11.6. The van der Waals surface area contributed by atoms with Gasteiger partial charge in [-0.1, -0.05) is 17.7 Å². The molecule has 0 aromatic heterocycles. The first kappa shape index (κ1) is 13.0. The van der Waals surface area contributed by atoms with Gasteiger partial charge in [-0.25, -0.2) is 4.39 Å². The smallest absolute Gasteiger partial charge is 0.255 e. The van der Waals surface area contributed by atoms with Crippen LogP contribution in [0, 0.1) is 16.3 Å². The third-order valence-electron chi connectivity index (χ3n) is 2.46. The summed E-state index contributed by atoms with van der Waals surface area (Å²) in [7, 11) is 0. The van der Waals surface area contributed by atoms with Crippen LogP contribution < -0.4 is 5.32 Å². The zero-order valence-electron chi connectivity index (χ0n) is 9.71. The van der Waals surface area contributed by atoms with Crippen LogP contribution in [0.25, 0.3) is 0 Å². The highest BCUT2D eigenvalue weighted by molar-refractivity contribution is 14.1. The van der Waals surface area contributed by atoms with Gasteiger partial charge in [-0.3, -0.25) is 4.79 Å². The van der Waals surface area contributed by atoms with Gasteiger partial charge in [-0.15, -0.1) is 0 Å². The number of benzene rings is 2. The van der Waals surface area contributed by atoms with Gasteiger partial charge in [0, 0.05) is 9.13 Å². The first-order valence-corrected chi connectivity index (χ1v) is 6.47. The first-order valence-electron chi connectivity index (χ1n) is 5.39. The van der Waals surface area contributed by atoms with Crippen LogP contribution in [0.5, 0.6) is 0 Å². The maximum atomic E-state index is 12.9. The predicted molar refractivity (Wildman–Crippen MR) is 78.2 cm³/mol. The van der Waals surface area contributed by atoms with E-state index in [0.29, 0.717) is 14.8 Å². The average Bonchev–Trinajstić information content (AvgIpc) is 2.32. The molecule has 2 nitrogen and oxygen atoms in total. The predicted octanol–water partition coefficient (Wildman–Crippen LogP) is 3.99. The molecule has 0 fully saturated rings. The van der Waals surface area contributed by atoms with Crippen molar-refractivity contribution in [3.8, 4) is 0 Å². The molecule has 2 aromatic rings. The van der Waals surface area contributed by atoms with Gasteiger partial charge in [0.2, 0.25) is 0 Å². The van der Waals surface area contributed by atoms with Gasteiger partial charge in [0.05, 0.1) is 5.69 Å². The number of carbonyl (C=O) groups excluding carboxylic acids is 1. The normalized spacial score (nSPS) is 10.2. The quantitative estimate of drug-likeness (QED) is 0.811. The maximum Gasteiger partial charge on any atom is 0.255 e. The Morgan fingerprint density at radius 3 is 2.67 bits per heavy atom. The Hall–Kier alpha value is -1.43. The lowest BCUT2D eigenvalue weighted by atomic mass is 10.1. The number of amides is 1. The van der Waals surface area contributed by atoms with Gasteiger partial charge < -0.3 is 5.32 Å². The van der Waals surface area contributed by atoms with Gasteiger partial charge in [0.1, 0.15) is 5.82 Å². The summed E-state index contributed by atoms with van der Waals surface area (Å²) in [6.07, 6.45) is 0. The standard InChI is InChI=1S/C14H11FINO/c1-9-3-2-4-10(7-9)14(18)17-13-6-5-11(15)8-12(13)16/h2-8H,1H3,(H,17,18). The van der Waals surface area contributed by atoms with Crippen LogP contribution in [0.1, 0.15) is 15.9 Å². The molecule has 0 saturated carbocycles. The fourth-order valence-electron chi connectivity index (χ4n) is 1.57. The number of carbonyl (C=O) groups is 1. The molecule has 0 heterocycles. The molecule has 0 aliphatic carbocycles. The van der Waals surface area contributed by atoms with Gasteiger partial charge in [-0.2, -0.15) is 0 Å². The van der Waals surface area contributed by atoms with Crippen LogP contribution in [0.3, 0.4) is 0 Å². The van der Waals surface area contributed by atoms with Gasteiger partial charge >= 0.3 is 0 Å². The van der Waals surface area contributed by atoms with E-state index in [1.54, 1.807) is 12.1 Å². The van der Waals surface area contributed by atoms with E-state index in [-0.39, 0.29) is 11.7 Å². The number of aryl methyl sites for hydroxylation is 1. The Kier molecular flexibility index (Phi) is 3.96. The average molecular weight is 355 g/mol. The van der Waals surface area contributed by atoms with Crippen molar-refractivity contribution < 1.29 is 9.18 Å². The van der Waals surface area contributed by atoms with Gasteiger partial charge in [0.25, 0.3) is 5.91 Å². The first-order chi connectivity index (χ1) is 8.56. The Morgan fingerprint density at radius 2 is 2.00 bits per heavy atom. The molecule has 0 bridgehead atoms. The molecule has 0 spiro atoms. The molecule has 92 valence electrons. The molecule has 1 N–H and O–H groups in total. The summed E-state index contributed by atoms with van der Waals surface area (Å²) in [4.78, 5) is 12.0. The van der Waals surface area contributed by atoms with Crippen LogP contribution in [-0.2, 0) is 0 Å². The largest absolute Gasteiger partial charge is 0.321 e. The molecular weight excluding hydrogens is 344 g/mol. The van der Waals surface area contributed by atoms with E-state index < -0.39 is 0 Å². The lowest BCUT2D eigenvalue weighted by Gasteiger charge is -2.08. The second kappa shape index (κ2) is 5.48. The van der Waals surface area contributed by atoms with E-state index in [4.69, 9.17) is 0 Å². The third kappa shape index (κ3) is 3.07. The molecule has 0 radical (unpaired) electrons. The molecule has 0 atom stereocenters. The number of hydrogen-bond donors (Lipinski definition) is 1. The van der Waals surface area contributed by atoms with Crippen molar-refractivity contribution in [3.63, 3.8) is 0 Å². The number of anilines is 1. The zero-order valence-corrected chi connectivity index (χ0v) is 11.9. The number of hydrogen-bond acceptors (Lipinski definition) is 1. The molecule has 18 heavy (non-hydrogen) atoms. The Bertz CT molecular complexity index is 598. The van der Waals surface area contributed by atoms with Gasteiger partial charge in [-0.05, 0) is 59.8 Å². The molecule has 0 unspecified atom stereocenters. The summed E-state index contributed by atoms with van der Waals surface area (Å²) in [5, 5.41) is 2.77. The highest BCUT2D eigenvalue weighted by Crippen LogP contribution is 2.20. The molecule has 0 aliphatic heterocycles. The minimum atomic E-state index is -0.312. The van der Waals surface area contributed by atoms with Crippen molar-refractivity contribution in [2.75, 3.05) is 5.32 Å².